The lowest BCUT2D eigenvalue weighted by Crippen LogP contribution is -2.32. The second kappa shape index (κ2) is 8.92. The number of likely N-dealkylation sites (tertiary alicyclic amines) is 1. The predicted octanol–water partition coefficient (Wildman–Crippen LogP) is 4.94. The number of nitrogens with one attached hydrogen (secondary N) is 1. The van der Waals surface area contributed by atoms with Gasteiger partial charge in [0.15, 0.2) is 5.13 Å². The molecule has 0 bridgehead atoms. The van der Waals surface area contributed by atoms with Gasteiger partial charge >= 0.3 is 0 Å². The van der Waals surface area contributed by atoms with Crippen LogP contribution in [0.25, 0.3) is 0 Å². The normalized spacial score (nSPS) is 16.2. The first kappa shape index (κ1) is 19.3. The van der Waals surface area contributed by atoms with Gasteiger partial charge in [-0.15, -0.1) is 11.3 Å². The zero-order chi connectivity index (χ0) is 18.5. The van der Waals surface area contributed by atoms with E-state index in [9.17, 15) is 13.6 Å². The first-order valence-corrected chi connectivity index (χ1v) is 10.3. The average molecular weight is 398 g/mol. The van der Waals surface area contributed by atoms with Crippen molar-refractivity contribution in [3.8, 4) is 0 Å². The number of thiazole rings is 1. The van der Waals surface area contributed by atoms with Crippen LogP contribution in [0, 0.1) is 5.92 Å². The number of thioether (sulfide) groups is 1. The molecule has 26 heavy (non-hydrogen) atoms. The van der Waals surface area contributed by atoms with Crippen molar-refractivity contribution in [3.05, 3.63) is 40.9 Å². The Morgan fingerprint density at radius 1 is 1.35 bits per heavy atom. The van der Waals surface area contributed by atoms with Crippen molar-refractivity contribution in [2.24, 2.45) is 5.92 Å². The van der Waals surface area contributed by atoms with Gasteiger partial charge in [-0.25, -0.2) is 4.98 Å². The fourth-order valence-corrected chi connectivity index (χ4v) is 4.04. The number of halogens is 2. The summed E-state index contributed by atoms with van der Waals surface area (Å²) in [7, 11) is 0. The number of amides is 1. The fraction of sp³-hybridized carbons (Fsp3) is 0.444. The molecule has 1 aromatic carbocycles. The number of alkyl halides is 2. The second-order valence-electron chi connectivity index (χ2n) is 6.46. The highest BCUT2D eigenvalue weighted by atomic mass is 32.2. The van der Waals surface area contributed by atoms with Gasteiger partial charge in [-0.1, -0.05) is 18.7 Å². The number of piperidine rings is 1. The molecule has 1 N–H and O–H groups in total. The number of anilines is 1. The third kappa shape index (κ3) is 5.49. The van der Waals surface area contributed by atoms with E-state index in [1.54, 1.807) is 12.1 Å². The van der Waals surface area contributed by atoms with E-state index in [1.165, 1.54) is 36.3 Å². The molecular weight excluding hydrogens is 376 g/mol. The van der Waals surface area contributed by atoms with Crippen LogP contribution in [0.3, 0.4) is 0 Å². The molecule has 0 saturated carbocycles. The van der Waals surface area contributed by atoms with Crippen LogP contribution in [0.2, 0.25) is 0 Å². The van der Waals surface area contributed by atoms with Crippen molar-refractivity contribution >= 4 is 34.1 Å². The van der Waals surface area contributed by atoms with Crippen molar-refractivity contribution in [3.63, 3.8) is 0 Å². The van der Waals surface area contributed by atoms with E-state index in [0.717, 1.165) is 31.2 Å². The summed E-state index contributed by atoms with van der Waals surface area (Å²) in [5.74, 6) is -1.96. The predicted molar refractivity (Wildman–Crippen MR) is 102 cm³/mol. The summed E-state index contributed by atoms with van der Waals surface area (Å²) in [6, 6.07) is 6.14. The van der Waals surface area contributed by atoms with Gasteiger partial charge in [0.25, 0.3) is 11.7 Å². The third-order valence-corrected chi connectivity index (χ3v) is 5.90. The van der Waals surface area contributed by atoms with E-state index in [4.69, 9.17) is 0 Å². The smallest absolute Gasteiger partial charge is 0.288 e. The van der Waals surface area contributed by atoms with Gasteiger partial charge in [-0.2, -0.15) is 8.78 Å². The van der Waals surface area contributed by atoms with Crippen LogP contribution in [0.1, 0.15) is 35.8 Å². The molecule has 0 spiro atoms. The van der Waals surface area contributed by atoms with Crippen LogP contribution in [-0.2, 0) is 6.54 Å². The van der Waals surface area contributed by atoms with Gasteiger partial charge < -0.3 is 0 Å². The highest BCUT2D eigenvalue weighted by molar-refractivity contribution is 7.99. The van der Waals surface area contributed by atoms with E-state index < -0.39 is 5.76 Å². The molecule has 1 saturated heterocycles. The zero-order valence-electron chi connectivity index (χ0n) is 14.5. The molecule has 2 heterocycles. The molecule has 0 radical (unpaired) electrons. The third-order valence-electron chi connectivity index (χ3n) is 4.38. The number of hydrogen-bond donors (Lipinski definition) is 1. The Morgan fingerprint density at radius 2 is 2.04 bits per heavy atom. The highest BCUT2D eigenvalue weighted by Gasteiger charge is 2.17. The van der Waals surface area contributed by atoms with Crippen molar-refractivity contribution in [1.82, 2.24) is 9.88 Å². The summed E-state index contributed by atoms with van der Waals surface area (Å²) in [6.45, 7) is 5.26. The van der Waals surface area contributed by atoms with Gasteiger partial charge in [0, 0.05) is 22.4 Å². The lowest BCUT2D eigenvalue weighted by atomic mass is 9.99. The van der Waals surface area contributed by atoms with Crippen molar-refractivity contribution in [1.29, 1.82) is 0 Å². The Hall–Kier alpha value is -1.51. The highest BCUT2D eigenvalue weighted by Crippen LogP contribution is 2.26. The Bertz CT molecular complexity index is 728. The summed E-state index contributed by atoms with van der Waals surface area (Å²) in [4.78, 5) is 19.6. The van der Waals surface area contributed by atoms with E-state index in [2.05, 4.69) is 22.1 Å². The molecule has 1 aliphatic heterocycles. The summed E-state index contributed by atoms with van der Waals surface area (Å²) in [6.07, 6.45) is 2.43. The van der Waals surface area contributed by atoms with Crippen LogP contribution in [-0.4, -0.2) is 34.6 Å². The summed E-state index contributed by atoms with van der Waals surface area (Å²) in [5, 5.41) is 5.30. The van der Waals surface area contributed by atoms with Crippen LogP contribution in [0.15, 0.2) is 34.5 Å². The van der Waals surface area contributed by atoms with E-state index in [1.807, 2.05) is 5.38 Å². The van der Waals surface area contributed by atoms with Gasteiger partial charge in [-0.05, 0) is 56.1 Å². The topological polar surface area (TPSA) is 45.2 Å². The van der Waals surface area contributed by atoms with E-state index >= 15 is 0 Å². The standard InChI is InChI=1S/C18H21F2N3OS2/c1-12-6-8-23(9-7-12)10-14-11-25-18(21-14)22-16(24)13-2-4-15(5-3-13)26-17(19)20/h2-5,11-12,17H,6-10H2,1H3,(H,21,22,24). The summed E-state index contributed by atoms with van der Waals surface area (Å²) < 4.78 is 24.7. The zero-order valence-corrected chi connectivity index (χ0v) is 16.1. The van der Waals surface area contributed by atoms with E-state index in [-0.39, 0.29) is 5.91 Å². The van der Waals surface area contributed by atoms with Crippen LogP contribution in [0.5, 0.6) is 0 Å². The Kier molecular flexibility index (Phi) is 6.61. The minimum Gasteiger partial charge on any atom is -0.298 e. The summed E-state index contributed by atoms with van der Waals surface area (Å²) >= 11 is 1.86. The number of nitrogens with zero attached hydrogens (tertiary/aromatic N) is 2. The van der Waals surface area contributed by atoms with Crippen molar-refractivity contribution in [2.45, 2.75) is 37.0 Å². The SMILES string of the molecule is CC1CCN(Cc2csc(NC(=O)c3ccc(SC(F)F)cc3)n2)CC1. The summed E-state index contributed by atoms with van der Waals surface area (Å²) in [5.41, 5.74) is 1.38. The first-order chi connectivity index (χ1) is 12.5. The molecule has 1 fully saturated rings. The number of benzene rings is 1. The second-order valence-corrected chi connectivity index (χ2v) is 8.38. The number of hydrogen-bond acceptors (Lipinski definition) is 5. The van der Waals surface area contributed by atoms with Crippen LogP contribution in [0.4, 0.5) is 13.9 Å². The maximum atomic E-state index is 12.3. The van der Waals surface area contributed by atoms with Crippen LogP contribution >= 0.6 is 23.1 Å². The molecule has 0 unspecified atom stereocenters. The monoisotopic (exact) mass is 397 g/mol. The molecule has 1 amide bonds. The maximum absolute atomic E-state index is 12.3. The Morgan fingerprint density at radius 3 is 2.69 bits per heavy atom. The largest absolute Gasteiger partial charge is 0.298 e. The minimum atomic E-state index is -2.47. The molecule has 1 aliphatic rings. The Labute approximate surface area is 160 Å². The molecule has 0 atom stereocenters. The molecule has 4 nitrogen and oxygen atoms in total. The Balaban J connectivity index is 1.54. The molecular formula is C18H21F2N3OS2. The maximum Gasteiger partial charge on any atom is 0.288 e. The lowest BCUT2D eigenvalue weighted by molar-refractivity contribution is 0.102. The van der Waals surface area contributed by atoms with Gasteiger partial charge in [0.1, 0.15) is 0 Å². The van der Waals surface area contributed by atoms with Crippen molar-refractivity contribution < 1.29 is 13.6 Å². The molecule has 1 aromatic heterocycles. The number of aromatic nitrogens is 1. The number of carbonyl (C=O) groups excluding carboxylic acids is 1. The molecule has 3 rings (SSSR count). The van der Waals surface area contributed by atoms with Gasteiger partial charge in [-0.3, -0.25) is 15.0 Å². The lowest BCUT2D eigenvalue weighted by Gasteiger charge is -2.29. The average Bonchev–Trinajstić information content (AvgIpc) is 3.04. The number of carbonyl (C=O) groups is 1. The first-order valence-electron chi connectivity index (χ1n) is 8.52. The van der Waals surface area contributed by atoms with Gasteiger partial charge in [0.05, 0.1) is 5.69 Å². The van der Waals surface area contributed by atoms with Crippen LogP contribution < -0.4 is 5.32 Å². The minimum absolute atomic E-state index is 0.286. The fourth-order valence-electron chi connectivity index (χ4n) is 2.84. The van der Waals surface area contributed by atoms with Gasteiger partial charge in [0.2, 0.25) is 0 Å². The van der Waals surface area contributed by atoms with E-state index in [0.29, 0.717) is 27.4 Å². The number of rotatable bonds is 6. The molecule has 140 valence electrons. The quantitative estimate of drug-likeness (QED) is 0.701. The molecule has 0 aliphatic carbocycles. The molecule has 2 aromatic rings. The van der Waals surface area contributed by atoms with Crippen molar-refractivity contribution in [2.75, 3.05) is 18.4 Å². The molecule has 8 heteroatoms.